The first kappa shape index (κ1) is 11.7. The molecule has 0 aromatic carbocycles. The molecule has 0 aromatic rings. The Labute approximate surface area is 108 Å². The molecule has 3 aliphatic rings. The molecule has 0 aromatic heterocycles. The van der Waals surface area contributed by atoms with Crippen molar-refractivity contribution in [1.29, 1.82) is 0 Å². The normalized spacial score (nSPS) is 21.8. The third kappa shape index (κ3) is 2.56. The summed E-state index contributed by atoms with van der Waals surface area (Å²) < 4.78 is 5.30. The van der Waals surface area contributed by atoms with Gasteiger partial charge in [0.25, 0.3) is 0 Å². The lowest BCUT2D eigenvalue weighted by molar-refractivity contribution is 0.305. The third-order valence-electron chi connectivity index (χ3n) is 3.75. The van der Waals surface area contributed by atoms with Crippen molar-refractivity contribution < 1.29 is 4.74 Å². The van der Waals surface area contributed by atoms with E-state index in [-0.39, 0.29) is 0 Å². The summed E-state index contributed by atoms with van der Waals surface area (Å²) in [5.74, 6) is 1.91. The lowest BCUT2D eigenvalue weighted by Gasteiger charge is -2.14. The first-order valence-corrected chi connectivity index (χ1v) is 6.80. The maximum Gasteiger partial charge on any atom is 0.115 e. The van der Waals surface area contributed by atoms with Crippen LogP contribution in [0.5, 0.6) is 0 Å². The van der Waals surface area contributed by atoms with Crippen LogP contribution in [0.1, 0.15) is 25.7 Å². The Morgan fingerprint density at radius 2 is 2.33 bits per heavy atom. The van der Waals surface area contributed by atoms with Gasteiger partial charge >= 0.3 is 0 Å². The molecule has 0 bridgehead atoms. The van der Waals surface area contributed by atoms with Crippen molar-refractivity contribution in [2.75, 3.05) is 20.2 Å². The zero-order chi connectivity index (χ0) is 12.4. The summed E-state index contributed by atoms with van der Waals surface area (Å²) in [6, 6.07) is 0. The number of aliphatic imine (C=N–C) groups is 1. The predicted octanol–water partition coefficient (Wildman–Crippen LogP) is 2.58. The minimum absolute atomic E-state index is 0.893. The smallest absolute Gasteiger partial charge is 0.115 e. The Morgan fingerprint density at radius 1 is 1.44 bits per heavy atom. The molecule has 96 valence electrons. The Bertz CT molecular complexity index is 453. The first-order chi connectivity index (χ1) is 8.86. The molecular weight excluding hydrogens is 224 g/mol. The molecule has 0 atom stereocenters. The Kier molecular flexibility index (Phi) is 3.33. The van der Waals surface area contributed by atoms with Crippen LogP contribution in [0.25, 0.3) is 0 Å². The quantitative estimate of drug-likeness (QED) is 0.729. The minimum Gasteiger partial charge on any atom is -0.497 e. The number of hydrogen-bond donors (Lipinski definition) is 1. The topological polar surface area (TPSA) is 33.6 Å². The average molecular weight is 244 g/mol. The van der Waals surface area contributed by atoms with Gasteiger partial charge in [0, 0.05) is 18.2 Å². The molecule has 0 spiro atoms. The fraction of sp³-hybridized carbons (Fsp3) is 0.533. The van der Waals surface area contributed by atoms with Crippen LogP contribution in [-0.4, -0.2) is 25.9 Å². The van der Waals surface area contributed by atoms with Gasteiger partial charge in [0.2, 0.25) is 0 Å². The second-order valence-corrected chi connectivity index (χ2v) is 5.20. The highest BCUT2D eigenvalue weighted by Crippen LogP contribution is 2.29. The molecule has 3 heteroatoms. The Balaban J connectivity index is 1.53. The summed E-state index contributed by atoms with van der Waals surface area (Å²) in [6.07, 6.45) is 11.0. The van der Waals surface area contributed by atoms with E-state index in [1.54, 1.807) is 7.11 Å². The van der Waals surface area contributed by atoms with E-state index in [4.69, 9.17) is 4.74 Å². The van der Waals surface area contributed by atoms with Gasteiger partial charge in [-0.05, 0) is 56.0 Å². The lowest BCUT2D eigenvalue weighted by atomic mass is 9.95. The van der Waals surface area contributed by atoms with E-state index in [2.05, 4.69) is 22.5 Å². The molecule has 0 saturated heterocycles. The lowest BCUT2D eigenvalue weighted by Crippen LogP contribution is -2.19. The molecule has 1 heterocycles. The number of nitrogens with one attached hydrogen (secondary N) is 1. The minimum atomic E-state index is 0.893. The fourth-order valence-corrected chi connectivity index (χ4v) is 2.41. The fourth-order valence-electron chi connectivity index (χ4n) is 2.41. The van der Waals surface area contributed by atoms with Gasteiger partial charge in [-0.1, -0.05) is 0 Å². The van der Waals surface area contributed by atoms with Crippen molar-refractivity contribution in [1.82, 2.24) is 5.32 Å². The first-order valence-electron chi connectivity index (χ1n) is 6.80. The highest BCUT2D eigenvalue weighted by molar-refractivity contribution is 6.08. The van der Waals surface area contributed by atoms with Gasteiger partial charge in [-0.15, -0.1) is 0 Å². The van der Waals surface area contributed by atoms with Gasteiger partial charge in [-0.25, -0.2) is 0 Å². The number of hydrogen-bond acceptors (Lipinski definition) is 3. The standard InChI is InChI=1S/C15H20N2O/c1-18-13-4-5-15-14(8-13)12(10-17-15)6-7-16-9-11-2-3-11/h4,8,10-11,16H,2-3,5-7,9H2,1H3. The molecular formula is C15H20N2O. The maximum atomic E-state index is 5.30. The van der Waals surface area contributed by atoms with Crippen molar-refractivity contribution in [3.05, 3.63) is 35.3 Å². The Morgan fingerprint density at radius 3 is 3.11 bits per heavy atom. The van der Waals surface area contributed by atoms with Crippen molar-refractivity contribution in [2.45, 2.75) is 25.7 Å². The van der Waals surface area contributed by atoms with Gasteiger partial charge in [0.05, 0.1) is 12.8 Å². The monoisotopic (exact) mass is 244 g/mol. The highest BCUT2D eigenvalue weighted by atomic mass is 16.5. The molecule has 1 aliphatic heterocycles. The van der Waals surface area contributed by atoms with Crippen LogP contribution in [0.4, 0.5) is 0 Å². The molecule has 0 amide bonds. The largest absolute Gasteiger partial charge is 0.497 e. The number of ether oxygens (including phenoxy) is 1. The van der Waals surface area contributed by atoms with Crippen LogP contribution < -0.4 is 5.32 Å². The third-order valence-corrected chi connectivity index (χ3v) is 3.75. The molecule has 2 aliphatic carbocycles. The molecule has 18 heavy (non-hydrogen) atoms. The molecule has 0 radical (unpaired) electrons. The van der Waals surface area contributed by atoms with Crippen LogP contribution in [0.2, 0.25) is 0 Å². The number of allylic oxidation sites excluding steroid dienone is 3. The summed E-state index contributed by atoms with van der Waals surface area (Å²) in [7, 11) is 1.72. The van der Waals surface area contributed by atoms with Crippen LogP contribution in [0.15, 0.2) is 40.2 Å². The molecule has 1 fully saturated rings. The molecule has 3 rings (SSSR count). The van der Waals surface area contributed by atoms with Crippen molar-refractivity contribution in [3.63, 3.8) is 0 Å². The van der Waals surface area contributed by atoms with Crippen LogP contribution in [0, 0.1) is 5.92 Å². The molecule has 3 nitrogen and oxygen atoms in total. The van der Waals surface area contributed by atoms with E-state index in [0.717, 1.165) is 31.1 Å². The molecule has 0 unspecified atom stereocenters. The van der Waals surface area contributed by atoms with Gasteiger partial charge in [0.15, 0.2) is 0 Å². The summed E-state index contributed by atoms with van der Waals surface area (Å²) in [5, 5.41) is 3.53. The van der Waals surface area contributed by atoms with Crippen molar-refractivity contribution >= 4 is 5.71 Å². The summed E-state index contributed by atoms with van der Waals surface area (Å²) in [6.45, 7) is 2.23. The number of fused-ring (bicyclic) bond motifs is 1. The number of methoxy groups -OCH3 is 1. The summed E-state index contributed by atoms with van der Waals surface area (Å²) in [5.41, 5.74) is 3.81. The second-order valence-electron chi connectivity index (χ2n) is 5.20. The van der Waals surface area contributed by atoms with Gasteiger partial charge in [-0.2, -0.15) is 0 Å². The van der Waals surface area contributed by atoms with E-state index in [9.17, 15) is 0 Å². The van der Waals surface area contributed by atoms with Crippen molar-refractivity contribution in [3.8, 4) is 0 Å². The second kappa shape index (κ2) is 5.11. The Hall–Kier alpha value is -1.35. The average Bonchev–Trinajstić information content (AvgIpc) is 3.15. The number of rotatable bonds is 6. The van der Waals surface area contributed by atoms with Gasteiger partial charge < -0.3 is 10.1 Å². The number of nitrogens with zero attached hydrogens (tertiary/aromatic N) is 1. The summed E-state index contributed by atoms with van der Waals surface area (Å²) >= 11 is 0. The highest BCUT2D eigenvalue weighted by Gasteiger charge is 2.22. The van der Waals surface area contributed by atoms with E-state index in [0.29, 0.717) is 0 Å². The van der Waals surface area contributed by atoms with E-state index in [1.165, 1.54) is 36.2 Å². The summed E-state index contributed by atoms with van der Waals surface area (Å²) in [4.78, 5) is 4.49. The zero-order valence-corrected chi connectivity index (χ0v) is 10.9. The molecule has 1 N–H and O–H groups in total. The van der Waals surface area contributed by atoms with Crippen molar-refractivity contribution in [2.24, 2.45) is 10.9 Å². The van der Waals surface area contributed by atoms with E-state index >= 15 is 0 Å². The SMILES string of the molecule is COC1=CCC2=NC=C(CCNCC3CC3)C2=C1. The van der Waals surface area contributed by atoms with Crippen LogP contribution in [-0.2, 0) is 4.74 Å². The van der Waals surface area contributed by atoms with Crippen LogP contribution in [0.3, 0.4) is 0 Å². The molecule has 1 saturated carbocycles. The predicted molar refractivity (Wildman–Crippen MR) is 73.5 cm³/mol. The van der Waals surface area contributed by atoms with Gasteiger partial charge in [0.1, 0.15) is 5.76 Å². The van der Waals surface area contributed by atoms with Crippen LogP contribution >= 0.6 is 0 Å². The zero-order valence-electron chi connectivity index (χ0n) is 10.9. The maximum absolute atomic E-state index is 5.30. The van der Waals surface area contributed by atoms with E-state index in [1.807, 2.05) is 6.20 Å². The van der Waals surface area contributed by atoms with E-state index < -0.39 is 0 Å². The van der Waals surface area contributed by atoms with Gasteiger partial charge in [-0.3, -0.25) is 4.99 Å².